The van der Waals surface area contributed by atoms with Gasteiger partial charge in [0.2, 0.25) is 0 Å². The lowest BCUT2D eigenvalue weighted by atomic mass is 10.1. The molecule has 3 aromatic heterocycles. The van der Waals surface area contributed by atoms with Gasteiger partial charge in [-0.3, -0.25) is 4.68 Å². The summed E-state index contributed by atoms with van der Waals surface area (Å²) in [5.74, 6) is 0. The molecular weight excluding hydrogens is 262 g/mol. The molecule has 0 bridgehead atoms. The Labute approximate surface area is 124 Å². The van der Waals surface area contributed by atoms with E-state index >= 15 is 0 Å². The van der Waals surface area contributed by atoms with Crippen molar-refractivity contribution in [1.29, 1.82) is 0 Å². The van der Waals surface area contributed by atoms with Gasteiger partial charge in [-0.2, -0.15) is 5.10 Å². The van der Waals surface area contributed by atoms with Crippen molar-refractivity contribution in [2.45, 2.75) is 40.7 Å². The fraction of sp³-hybridized carbons (Fsp3) is 0.375. The number of nitrogens with one attached hydrogen (secondary N) is 1. The van der Waals surface area contributed by atoms with Crippen LogP contribution in [-0.2, 0) is 0 Å². The van der Waals surface area contributed by atoms with Gasteiger partial charge in [-0.15, -0.1) is 0 Å². The topological polar surface area (TPSA) is 47.2 Å². The van der Waals surface area contributed by atoms with Gasteiger partial charge in [0.25, 0.3) is 0 Å². The number of hydrogen-bond donors (Lipinski definition) is 1. The highest BCUT2D eigenvalue weighted by Crippen LogP contribution is 2.20. The summed E-state index contributed by atoms with van der Waals surface area (Å²) >= 11 is 0. The maximum absolute atomic E-state index is 4.51. The maximum Gasteiger partial charge on any atom is 0.155 e. The Kier molecular flexibility index (Phi) is 3.20. The number of aryl methyl sites for hydroxylation is 4. The van der Waals surface area contributed by atoms with Crippen LogP contribution in [0.5, 0.6) is 0 Å². The van der Waals surface area contributed by atoms with Crippen LogP contribution in [0.3, 0.4) is 0 Å². The highest BCUT2D eigenvalue weighted by Gasteiger charge is 2.14. The Morgan fingerprint density at radius 3 is 2.43 bits per heavy atom. The predicted molar refractivity (Wildman–Crippen MR) is 84.1 cm³/mol. The SMILES string of the molecule is Cc1cc2ncc(C(C)Nn3c(C)ccc3C)c(C)n2n1. The average molecular weight is 283 g/mol. The molecule has 0 saturated heterocycles. The Balaban J connectivity index is 1.98. The molecule has 5 nitrogen and oxygen atoms in total. The molecule has 0 aliphatic carbocycles. The van der Waals surface area contributed by atoms with Gasteiger partial charge in [0, 0.05) is 34.9 Å². The van der Waals surface area contributed by atoms with Gasteiger partial charge in [0.1, 0.15) is 0 Å². The highest BCUT2D eigenvalue weighted by molar-refractivity contribution is 5.42. The third kappa shape index (κ3) is 2.28. The largest absolute Gasteiger partial charge is 0.319 e. The van der Waals surface area contributed by atoms with E-state index in [1.165, 1.54) is 11.4 Å². The zero-order valence-electron chi connectivity index (χ0n) is 13.2. The van der Waals surface area contributed by atoms with E-state index in [4.69, 9.17) is 0 Å². The first kappa shape index (κ1) is 13.7. The molecule has 1 unspecified atom stereocenters. The monoisotopic (exact) mass is 283 g/mol. The molecule has 21 heavy (non-hydrogen) atoms. The fourth-order valence-electron chi connectivity index (χ4n) is 2.74. The summed E-state index contributed by atoms with van der Waals surface area (Å²) in [7, 11) is 0. The molecule has 1 N–H and O–H groups in total. The van der Waals surface area contributed by atoms with Crippen molar-refractivity contribution in [3.63, 3.8) is 0 Å². The molecule has 0 radical (unpaired) electrons. The van der Waals surface area contributed by atoms with E-state index in [0.717, 1.165) is 22.6 Å². The molecular formula is C16H21N5. The molecule has 3 aromatic rings. The second-order valence-corrected chi connectivity index (χ2v) is 5.66. The van der Waals surface area contributed by atoms with Gasteiger partial charge >= 0.3 is 0 Å². The predicted octanol–water partition coefficient (Wildman–Crippen LogP) is 3.07. The standard InChI is InChI=1S/C16H21N5/c1-10-8-16-17-9-15(14(5)21(16)18-10)13(4)19-20-11(2)6-7-12(20)3/h6-9,13,19H,1-5H3. The van der Waals surface area contributed by atoms with Crippen LogP contribution in [0.2, 0.25) is 0 Å². The Morgan fingerprint density at radius 1 is 1.10 bits per heavy atom. The fourth-order valence-corrected chi connectivity index (χ4v) is 2.74. The molecule has 3 heterocycles. The number of rotatable bonds is 3. The molecule has 110 valence electrons. The summed E-state index contributed by atoms with van der Waals surface area (Å²) in [5, 5.41) is 4.51. The molecule has 0 saturated carbocycles. The molecule has 0 aliphatic heterocycles. The van der Waals surface area contributed by atoms with Gasteiger partial charge < -0.3 is 5.43 Å². The first-order valence-electron chi connectivity index (χ1n) is 7.20. The van der Waals surface area contributed by atoms with Crippen LogP contribution in [0, 0.1) is 27.7 Å². The second-order valence-electron chi connectivity index (χ2n) is 5.66. The third-order valence-corrected chi connectivity index (χ3v) is 3.94. The first-order valence-corrected chi connectivity index (χ1v) is 7.20. The van der Waals surface area contributed by atoms with E-state index in [1.54, 1.807) is 0 Å². The number of fused-ring (bicyclic) bond motifs is 1. The third-order valence-electron chi connectivity index (χ3n) is 3.94. The molecule has 5 heteroatoms. The van der Waals surface area contributed by atoms with Crippen molar-refractivity contribution in [3.05, 3.63) is 52.7 Å². The zero-order valence-corrected chi connectivity index (χ0v) is 13.2. The average Bonchev–Trinajstić information content (AvgIpc) is 2.96. The van der Waals surface area contributed by atoms with Crippen molar-refractivity contribution in [3.8, 4) is 0 Å². The quantitative estimate of drug-likeness (QED) is 0.803. The van der Waals surface area contributed by atoms with Crippen LogP contribution in [0.1, 0.15) is 41.3 Å². The summed E-state index contributed by atoms with van der Waals surface area (Å²) in [6, 6.07) is 6.37. The number of nitrogens with zero attached hydrogens (tertiary/aromatic N) is 4. The lowest BCUT2D eigenvalue weighted by Gasteiger charge is -2.21. The van der Waals surface area contributed by atoms with Crippen LogP contribution in [0.15, 0.2) is 24.4 Å². The van der Waals surface area contributed by atoms with E-state index < -0.39 is 0 Å². The summed E-state index contributed by atoms with van der Waals surface area (Å²) in [5.41, 5.74) is 10.1. The molecule has 0 aliphatic rings. The summed E-state index contributed by atoms with van der Waals surface area (Å²) < 4.78 is 4.03. The first-order chi connectivity index (χ1) is 9.97. The number of aromatic nitrogens is 4. The Hall–Kier alpha value is -2.30. The van der Waals surface area contributed by atoms with Crippen LogP contribution >= 0.6 is 0 Å². The van der Waals surface area contributed by atoms with Gasteiger partial charge in [-0.05, 0) is 46.8 Å². The van der Waals surface area contributed by atoms with Crippen molar-refractivity contribution in [1.82, 2.24) is 19.3 Å². The van der Waals surface area contributed by atoms with E-state index in [9.17, 15) is 0 Å². The normalized spacial score (nSPS) is 12.8. The van der Waals surface area contributed by atoms with Crippen molar-refractivity contribution in [2.24, 2.45) is 0 Å². The lowest BCUT2D eigenvalue weighted by molar-refractivity contribution is 0.683. The van der Waals surface area contributed by atoms with Crippen molar-refractivity contribution >= 4 is 5.65 Å². The molecule has 0 amide bonds. The Bertz CT molecular complexity index is 777. The smallest absolute Gasteiger partial charge is 0.155 e. The molecule has 0 fully saturated rings. The van der Waals surface area contributed by atoms with E-state index in [2.05, 4.69) is 60.0 Å². The molecule has 0 aromatic carbocycles. The minimum Gasteiger partial charge on any atom is -0.319 e. The van der Waals surface area contributed by atoms with Crippen LogP contribution in [0.4, 0.5) is 0 Å². The van der Waals surface area contributed by atoms with E-state index in [0.29, 0.717) is 0 Å². The maximum atomic E-state index is 4.51. The van der Waals surface area contributed by atoms with Gasteiger partial charge in [-0.25, -0.2) is 9.50 Å². The summed E-state index contributed by atoms with van der Waals surface area (Å²) in [6.07, 6.45) is 1.94. The summed E-state index contributed by atoms with van der Waals surface area (Å²) in [4.78, 5) is 4.51. The lowest BCUT2D eigenvalue weighted by Crippen LogP contribution is -2.22. The highest BCUT2D eigenvalue weighted by atomic mass is 15.4. The Morgan fingerprint density at radius 2 is 1.76 bits per heavy atom. The minimum atomic E-state index is 0.149. The van der Waals surface area contributed by atoms with Crippen LogP contribution in [0.25, 0.3) is 5.65 Å². The van der Waals surface area contributed by atoms with Crippen LogP contribution in [-0.4, -0.2) is 19.3 Å². The molecule has 3 rings (SSSR count). The molecule has 0 spiro atoms. The van der Waals surface area contributed by atoms with Crippen molar-refractivity contribution < 1.29 is 0 Å². The minimum absolute atomic E-state index is 0.149. The van der Waals surface area contributed by atoms with Gasteiger partial charge in [0.05, 0.1) is 11.7 Å². The number of hydrogen-bond acceptors (Lipinski definition) is 3. The summed E-state index contributed by atoms with van der Waals surface area (Å²) in [6.45, 7) is 10.4. The second kappa shape index (κ2) is 4.91. The zero-order chi connectivity index (χ0) is 15.1. The van der Waals surface area contributed by atoms with Gasteiger partial charge in [0.15, 0.2) is 5.65 Å². The van der Waals surface area contributed by atoms with E-state index in [1.807, 2.05) is 23.7 Å². The van der Waals surface area contributed by atoms with Crippen molar-refractivity contribution in [2.75, 3.05) is 5.43 Å². The van der Waals surface area contributed by atoms with Crippen LogP contribution < -0.4 is 5.43 Å². The van der Waals surface area contributed by atoms with Gasteiger partial charge in [-0.1, -0.05) is 0 Å². The van der Waals surface area contributed by atoms with E-state index in [-0.39, 0.29) is 6.04 Å². The molecule has 1 atom stereocenters.